The summed E-state index contributed by atoms with van der Waals surface area (Å²) in [6, 6.07) is 13.3. The Morgan fingerprint density at radius 1 is 1.19 bits per heavy atom. The van der Waals surface area contributed by atoms with E-state index in [0.29, 0.717) is 18.0 Å². The first-order valence-electron chi connectivity index (χ1n) is 8.56. The summed E-state index contributed by atoms with van der Waals surface area (Å²) in [5.74, 6) is 0.786. The quantitative estimate of drug-likeness (QED) is 0.672. The number of hydrogen-bond donors (Lipinski definition) is 2. The van der Waals surface area contributed by atoms with Crippen molar-refractivity contribution in [1.82, 2.24) is 10.3 Å². The highest BCUT2D eigenvalue weighted by Crippen LogP contribution is 2.31. The zero-order valence-electron chi connectivity index (χ0n) is 15.2. The number of H-pyrrole nitrogens is 1. The number of benzene rings is 2. The monoisotopic (exact) mass is 370 g/mol. The van der Waals surface area contributed by atoms with Gasteiger partial charge in [-0.05, 0) is 41.5 Å². The number of aromatic nitrogens is 1. The van der Waals surface area contributed by atoms with Crippen LogP contribution in [0.25, 0.3) is 10.9 Å². The number of nitrogens with one attached hydrogen (secondary N) is 2. The molecule has 0 spiro atoms. The van der Waals surface area contributed by atoms with Gasteiger partial charge in [0.25, 0.3) is 0 Å². The number of rotatable bonds is 6. The second-order valence-electron chi connectivity index (χ2n) is 7.08. The predicted molar refractivity (Wildman–Crippen MR) is 106 cm³/mol. The van der Waals surface area contributed by atoms with Gasteiger partial charge in [0.2, 0.25) is 5.91 Å². The largest absolute Gasteiger partial charge is 0.497 e. The fourth-order valence-corrected chi connectivity index (χ4v) is 3.23. The van der Waals surface area contributed by atoms with Crippen molar-refractivity contribution in [2.45, 2.75) is 25.7 Å². The van der Waals surface area contributed by atoms with Crippen molar-refractivity contribution in [1.29, 1.82) is 0 Å². The minimum atomic E-state index is -0.224. The van der Waals surface area contributed by atoms with Gasteiger partial charge in [0.15, 0.2) is 0 Å². The summed E-state index contributed by atoms with van der Waals surface area (Å²) in [7, 11) is 1.63. The van der Waals surface area contributed by atoms with E-state index < -0.39 is 0 Å². The highest BCUT2D eigenvalue weighted by Gasteiger charge is 2.24. The maximum Gasteiger partial charge on any atom is 0.224 e. The van der Waals surface area contributed by atoms with Crippen LogP contribution in [0.2, 0.25) is 5.02 Å². The molecule has 0 bridgehead atoms. The molecule has 0 fully saturated rings. The van der Waals surface area contributed by atoms with E-state index in [-0.39, 0.29) is 11.3 Å². The van der Waals surface area contributed by atoms with E-state index in [9.17, 15) is 4.79 Å². The maximum absolute atomic E-state index is 12.3. The Balaban J connectivity index is 1.66. The number of amides is 1. The molecule has 0 atom stereocenters. The second-order valence-corrected chi connectivity index (χ2v) is 7.51. The summed E-state index contributed by atoms with van der Waals surface area (Å²) in [4.78, 5) is 15.6. The van der Waals surface area contributed by atoms with Crippen molar-refractivity contribution in [2.75, 3.05) is 13.7 Å². The van der Waals surface area contributed by atoms with Crippen LogP contribution < -0.4 is 10.1 Å². The molecule has 26 heavy (non-hydrogen) atoms. The lowest BCUT2D eigenvalue weighted by Crippen LogP contribution is -2.37. The number of carbonyl (C=O) groups excluding carboxylic acids is 1. The zero-order valence-corrected chi connectivity index (χ0v) is 16.0. The molecule has 0 saturated heterocycles. The fourth-order valence-electron chi connectivity index (χ4n) is 3.06. The Bertz CT molecular complexity index is 913. The molecule has 1 aromatic heterocycles. The average molecular weight is 371 g/mol. The number of methoxy groups -OCH3 is 1. The number of hydrogen-bond acceptors (Lipinski definition) is 2. The Morgan fingerprint density at radius 2 is 1.92 bits per heavy atom. The summed E-state index contributed by atoms with van der Waals surface area (Å²) < 4.78 is 5.14. The van der Waals surface area contributed by atoms with E-state index >= 15 is 0 Å². The molecule has 3 aromatic rings. The molecule has 4 nitrogen and oxygen atoms in total. The zero-order chi connectivity index (χ0) is 18.7. The van der Waals surface area contributed by atoms with Gasteiger partial charge in [-0.3, -0.25) is 4.79 Å². The third-order valence-electron chi connectivity index (χ3n) is 4.62. The van der Waals surface area contributed by atoms with Gasteiger partial charge in [-0.25, -0.2) is 0 Å². The van der Waals surface area contributed by atoms with Crippen LogP contribution in [-0.2, 0) is 16.6 Å². The first-order valence-corrected chi connectivity index (χ1v) is 8.93. The van der Waals surface area contributed by atoms with Gasteiger partial charge in [0.1, 0.15) is 5.75 Å². The van der Waals surface area contributed by atoms with Crippen LogP contribution in [0.5, 0.6) is 5.75 Å². The minimum absolute atomic E-state index is 0.00103. The fraction of sp³-hybridized carbons (Fsp3) is 0.286. The molecule has 3 rings (SSSR count). The molecule has 5 heteroatoms. The van der Waals surface area contributed by atoms with E-state index in [0.717, 1.165) is 27.8 Å². The minimum Gasteiger partial charge on any atom is -0.497 e. The third-order valence-corrected chi connectivity index (χ3v) is 4.86. The van der Waals surface area contributed by atoms with E-state index in [4.69, 9.17) is 16.3 Å². The van der Waals surface area contributed by atoms with Crippen LogP contribution in [0.3, 0.4) is 0 Å². The average Bonchev–Trinajstić information content (AvgIpc) is 3.04. The summed E-state index contributed by atoms with van der Waals surface area (Å²) in [6.45, 7) is 4.77. The van der Waals surface area contributed by atoms with Crippen molar-refractivity contribution in [3.8, 4) is 5.75 Å². The Labute approximate surface area is 158 Å². The molecule has 1 amide bonds. The summed E-state index contributed by atoms with van der Waals surface area (Å²) in [5.41, 5.74) is 2.92. The van der Waals surface area contributed by atoms with Crippen LogP contribution in [-0.4, -0.2) is 24.5 Å². The van der Waals surface area contributed by atoms with Gasteiger partial charge in [0.05, 0.1) is 13.5 Å². The van der Waals surface area contributed by atoms with Gasteiger partial charge < -0.3 is 15.0 Å². The Hall–Kier alpha value is -2.46. The molecule has 0 aliphatic rings. The summed E-state index contributed by atoms with van der Waals surface area (Å²) in [6.07, 6.45) is 2.34. The predicted octanol–water partition coefficient (Wildman–Crippen LogP) is 4.47. The van der Waals surface area contributed by atoms with Gasteiger partial charge in [-0.15, -0.1) is 0 Å². The summed E-state index contributed by atoms with van der Waals surface area (Å²) >= 11 is 6.14. The molecule has 0 aliphatic carbocycles. The lowest BCUT2D eigenvalue weighted by atomic mass is 9.84. The molecular weight excluding hydrogens is 348 g/mol. The highest BCUT2D eigenvalue weighted by atomic mass is 35.5. The normalized spacial score (nSPS) is 11.5. The molecule has 0 unspecified atom stereocenters. The van der Waals surface area contributed by atoms with E-state index in [1.165, 1.54) is 0 Å². The van der Waals surface area contributed by atoms with E-state index in [1.54, 1.807) is 7.11 Å². The topological polar surface area (TPSA) is 54.1 Å². The van der Waals surface area contributed by atoms with Crippen molar-refractivity contribution >= 4 is 28.4 Å². The van der Waals surface area contributed by atoms with Gasteiger partial charge in [-0.2, -0.15) is 0 Å². The van der Waals surface area contributed by atoms with Crippen LogP contribution in [0.1, 0.15) is 25.0 Å². The standard InChI is InChI=1S/C21H23ClN2O2/c1-21(2,18-12-23-19-9-6-15(22)11-17(18)19)13-24-20(25)10-14-4-7-16(26-3)8-5-14/h4-9,11-12,23H,10,13H2,1-3H3,(H,24,25). The second kappa shape index (κ2) is 7.42. The molecule has 2 aromatic carbocycles. The molecule has 1 heterocycles. The summed E-state index contributed by atoms with van der Waals surface area (Å²) in [5, 5.41) is 4.85. The van der Waals surface area contributed by atoms with Gasteiger partial charge >= 0.3 is 0 Å². The highest BCUT2D eigenvalue weighted by molar-refractivity contribution is 6.31. The smallest absolute Gasteiger partial charge is 0.224 e. The van der Waals surface area contributed by atoms with E-state index in [2.05, 4.69) is 24.1 Å². The SMILES string of the molecule is COc1ccc(CC(=O)NCC(C)(C)c2c[nH]c3ccc(Cl)cc23)cc1. The Kier molecular flexibility index (Phi) is 5.23. The molecule has 0 aliphatic heterocycles. The van der Waals surface area contributed by atoms with Crippen LogP contribution in [0, 0.1) is 0 Å². The van der Waals surface area contributed by atoms with Gasteiger partial charge in [-0.1, -0.05) is 37.6 Å². The lowest BCUT2D eigenvalue weighted by molar-refractivity contribution is -0.120. The molecule has 2 N–H and O–H groups in total. The van der Waals surface area contributed by atoms with Crippen molar-refractivity contribution < 1.29 is 9.53 Å². The number of halogens is 1. The van der Waals surface area contributed by atoms with Crippen LogP contribution in [0.4, 0.5) is 0 Å². The molecule has 0 radical (unpaired) electrons. The molecule has 136 valence electrons. The van der Waals surface area contributed by atoms with Crippen molar-refractivity contribution in [3.63, 3.8) is 0 Å². The number of carbonyl (C=O) groups is 1. The molecular formula is C21H23ClN2O2. The van der Waals surface area contributed by atoms with Crippen molar-refractivity contribution in [2.24, 2.45) is 0 Å². The van der Waals surface area contributed by atoms with Gasteiger partial charge in [0, 0.05) is 34.1 Å². The third kappa shape index (κ3) is 4.02. The lowest BCUT2D eigenvalue weighted by Gasteiger charge is -2.25. The number of ether oxygens (including phenoxy) is 1. The maximum atomic E-state index is 12.3. The van der Waals surface area contributed by atoms with Crippen LogP contribution >= 0.6 is 11.6 Å². The number of aromatic amines is 1. The van der Waals surface area contributed by atoms with Crippen molar-refractivity contribution in [3.05, 3.63) is 64.8 Å². The Morgan fingerprint density at radius 3 is 2.62 bits per heavy atom. The first-order chi connectivity index (χ1) is 12.4. The first kappa shape index (κ1) is 18.3. The number of fused-ring (bicyclic) bond motifs is 1. The van der Waals surface area contributed by atoms with Crippen LogP contribution in [0.15, 0.2) is 48.7 Å². The molecule has 0 saturated carbocycles. The van der Waals surface area contributed by atoms with E-state index in [1.807, 2.05) is 48.7 Å².